The number of nitrogens with zero attached hydrogens (tertiary/aromatic N) is 1. The summed E-state index contributed by atoms with van der Waals surface area (Å²) in [7, 11) is 0. The van der Waals surface area contributed by atoms with Gasteiger partial charge in [-0.25, -0.2) is 4.98 Å². The third-order valence-electron chi connectivity index (χ3n) is 1.82. The highest BCUT2D eigenvalue weighted by Gasteiger charge is 2.10. The minimum Gasteiger partial charge on any atom is -0.342 e. The number of carbonyl (C=O) groups is 1. The Hall–Kier alpha value is -1.61. The Labute approximate surface area is 85.7 Å². The molecule has 0 saturated heterocycles. The van der Waals surface area contributed by atoms with Crippen molar-refractivity contribution in [2.45, 2.75) is 0 Å². The summed E-state index contributed by atoms with van der Waals surface area (Å²) in [6.45, 7) is 0. The molecular weight excluding hydrogens is 200 g/mol. The van der Waals surface area contributed by atoms with Crippen molar-refractivity contribution >= 4 is 17.4 Å². The molecule has 2 aromatic rings. The molecule has 1 N–H and O–H groups in total. The van der Waals surface area contributed by atoms with E-state index in [4.69, 9.17) is 11.6 Å². The van der Waals surface area contributed by atoms with Gasteiger partial charge in [0, 0.05) is 23.0 Å². The van der Waals surface area contributed by atoms with Crippen molar-refractivity contribution in [2.24, 2.45) is 0 Å². The Kier molecular flexibility index (Phi) is 2.33. The maximum atomic E-state index is 11.7. The number of hydrogen-bond donors (Lipinski definition) is 1. The van der Waals surface area contributed by atoms with Crippen LogP contribution in [0.1, 0.15) is 16.2 Å². The minimum atomic E-state index is -0.133. The Bertz CT molecular complexity index is 434. The Morgan fingerprint density at radius 2 is 2.00 bits per heavy atom. The van der Waals surface area contributed by atoms with Gasteiger partial charge < -0.3 is 4.98 Å². The highest BCUT2D eigenvalue weighted by atomic mass is 35.5. The first kappa shape index (κ1) is 8.97. The lowest BCUT2D eigenvalue weighted by Gasteiger charge is -1.96. The minimum absolute atomic E-state index is 0.133. The summed E-state index contributed by atoms with van der Waals surface area (Å²) in [6, 6.07) is 6.70. The van der Waals surface area contributed by atoms with Crippen molar-refractivity contribution in [2.75, 3.05) is 0 Å². The van der Waals surface area contributed by atoms with E-state index < -0.39 is 0 Å². The molecule has 0 amide bonds. The normalized spacial score (nSPS) is 10.1. The van der Waals surface area contributed by atoms with Crippen molar-refractivity contribution in [3.05, 3.63) is 53.1 Å². The number of benzene rings is 1. The summed E-state index contributed by atoms with van der Waals surface area (Å²) in [5.41, 5.74) is 0.573. The standard InChI is InChI=1S/C10H7ClN2O/c11-8-3-1-7(2-4-8)9(14)10-12-5-6-13-10/h1-6H,(H,12,13). The molecule has 0 bridgehead atoms. The van der Waals surface area contributed by atoms with E-state index in [9.17, 15) is 4.79 Å². The molecule has 0 saturated carbocycles. The number of ketones is 1. The van der Waals surface area contributed by atoms with Gasteiger partial charge in [0.05, 0.1) is 0 Å². The smallest absolute Gasteiger partial charge is 0.228 e. The Morgan fingerprint density at radius 1 is 1.29 bits per heavy atom. The first-order valence-electron chi connectivity index (χ1n) is 4.07. The van der Waals surface area contributed by atoms with Gasteiger partial charge in [-0.15, -0.1) is 0 Å². The third kappa shape index (κ3) is 1.67. The van der Waals surface area contributed by atoms with E-state index in [1.807, 2.05) is 0 Å². The van der Waals surface area contributed by atoms with E-state index in [0.717, 1.165) is 0 Å². The second-order valence-electron chi connectivity index (χ2n) is 2.77. The van der Waals surface area contributed by atoms with E-state index in [1.165, 1.54) is 0 Å². The average molecular weight is 207 g/mol. The van der Waals surface area contributed by atoms with Gasteiger partial charge >= 0.3 is 0 Å². The molecule has 0 aliphatic rings. The molecule has 0 aliphatic heterocycles. The van der Waals surface area contributed by atoms with Crippen LogP contribution in [0.4, 0.5) is 0 Å². The lowest BCUT2D eigenvalue weighted by Crippen LogP contribution is -2.02. The fourth-order valence-corrected chi connectivity index (χ4v) is 1.25. The van der Waals surface area contributed by atoms with Crippen molar-refractivity contribution in [1.82, 2.24) is 9.97 Å². The maximum Gasteiger partial charge on any atom is 0.228 e. The van der Waals surface area contributed by atoms with Crippen molar-refractivity contribution in [3.63, 3.8) is 0 Å². The number of aromatic amines is 1. The van der Waals surface area contributed by atoms with Crippen LogP contribution < -0.4 is 0 Å². The van der Waals surface area contributed by atoms with Crippen molar-refractivity contribution in [1.29, 1.82) is 0 Å². The molecule has 0 spiro atoms. The molecule has 70 valence electrons. The van der Waals surface area contributed by atoms with Crippen LogP contribution in [0.2, 0.25) is 5.02 Å². The molecule has 1 aromatic carbocycles. The number of rotatable bonds is 2. The Morgan fingerprint density at radius 3 is 2.57 bits per heavy atom. The summed E-state index contributed by atoms with van der Waals surface area (Å²) < 4.78 is 0. The maximum absolute atomic E-state index is 11.7. The van der Waals surface area contributed by atoms with Gasteiger partial charge in [0.15, 0.2) is 5.82 Å². The number of carbonyl (C=O) groups excluding carboxylic acids is 1. The number of hydrogen-bond acceptors (Lipinski definition) is 2. The second-order valence-corrected chi connectivity index (χ2v) is 3.21. The fraction of sp³-hybridized carbons (Fsp3) is 0. The largest absolute Gasteiger partial charge is 0.342 e. The van der Waals surface area contributed by atoms with Gasteiger partial charge in [0.1, 0.15) is 0 Å². The van der Waals surface area contributed by atoms with Crippen molar-refractivity contribution in [3.8, 4) is 0 Å². The summed E-state index contributed by atoms with van der Waals surface area (Å²) in [4.78, 5) is 18.3. The van der Waals surface area contributed by atoms with Crippen LogP contribution in [0.15, 0.2) is 36.7 Å². The number of halogens is 1. The highest BCUT2D eigenvalue weighted by molar-refractivity contribution is 6.30. The summed E-state index contributed by atoms with van der Waals surface area (Å²) in [6.07, 6.45) is 3.16. The van der Waals surface area contributed by atoms with Gasteiger partial charge in [-0.1, -0.05) is 11.6 Å². The summed E-state index contributed by atoms with van der Waals surface area (Å²) in [5, 5.41) is 0.612. The number of aromatic nitrogens is 2. The number of imidazole rings is 1. The van der Waals surface area contributed by atoms with Crippen LogP contribution in [0, 0.1) is 0 Å². The molecule has 0 unspecified atom stereocenters. The second kappa shape index (κ2) is 3.64. The molecule has 0 aliphatic carbocycles. The van der Waals surface area contributed by atoms with Crippen LogP contribution in [0.3, 0.4) is 0 Å². The molecule has 0 atom stereocenters. The number of H-pyrrole nitrogens is 1. The van der Waals surface area contributed by atoms with E-state index in [2.05, 4.69) is 9.97 Å². The van der Waals surface area contributed by atoms with Gasteiger partial charge in [-0.05, 0) is 24.3 Å². The third-order valence-corrected chi connectivity index (χ3v) is 2.07. The average Bonchev–Trinajstić information content (AvgIpc) is 2.71. The monoisotopic (exact) mass is 206 g/mol. The molecule has 2 rings (SSSR count). The first-order valence-corrected chi connectivity index (χ1v) is 4.45. The molecular formula is C10H7ClN2O. The lowest BCUT2D eigenvalue weighted by molar-refractivity contribution is 0.103. The topological polar surface area (TPSA) is 45.8 Å². The molecule has 3 nitrogen and oxygen atoms in total. The lowest BCUT2D eigenvalue weighted by atomic mass is 10.1. The van der Waals surface area contributed by atoms with E-state index in [1.54, 1.807) is 36.7 Å². The zero-order valence-corrected chi connectivity index (χ0v) is 7.95. The number of nitrogens with one attached hydrogen (secondary N) is 1. The molecule has 14 heavy (non-hydrogen) atoms. The fourth-order valence-electron chi connectivity index (χ4n) is 1.13. The predicted octanol–water partition coefficient (Wildman–Crippen LogP) is 2.29. The highest BCUT2D eigenvalue weighted by Crippen LogP contribution is 2.11. The van der Waals surface area contributed by atoms with Gasteiger partial charge in [0.25, 0.3) is 0 Å². The first-order chi connectivity index (χ1) is 6.77. The van der Waals surface area contributed by atoms with Gasteiger partial charge in [-0.3, -0.25) is 4.79 Å². The SMILES string of the molecule is O=C(c1ccc(Cl)cc1)c1ncc[nH]1. The zero-order valence-electron chi connectivity index (χ0n) is 7.20. The van der Waals surface area contributed by atoms with E-state index in [-0.39, 0.29) is 5.78 Å². The Balaban J connectivity index is 2.33. The van der Waals surface area contributed by atoms with Crippen molar-refractivity contribution < 1.29 is 4.79 Å². The van der Waals surface area contributed by atoms with E-state index >= 15 is 0 Å². The van der Waals surface area contributed by atoms with E-state index in [0.29, 0.717) is 16.4 Å². The molecule has 0 fully saturated rings. The summed E-state index contributed by atoms with van der Waals surface area (Å²) >= 11 is 5.71. The van der Waals surface area contributed by atoms with Crippen LogP contribution in [0.5, 0.6) is 0 Å². The molecule has 1 aromatic heterocycles. The van der Waals surface area contributed by atoms with Gasteiger partial charge in [-0.2, -0.15) is 0 Å². The van der Waals surface area contributed by atoms with Crippen LogP contribution in [0.25, 0.3) is 0 Å². The van der Waals surface area contributed by atoms with Crippen LogP contribution >= 0.6 is 11.6 Å². The molecule has 0 radical (unpaired) electrons. The van der Waals surface area contributed by atoms with Crippen LogP contribution in [-0.2, 0) is 0 Å². The van der Waals surface area contributed by atoms with Gasteiger partial charge in [0.2, 0.25) is 5.78 Å². The molecule has 1 heterocycles. The molecule has 4 heteroatoms. The predicted molar refractivity (Wildman–Crippen MR) is 53.5 cm³/mol. The summed E-state index contributed by atoms with van der Waals surface area (Å²) in [5.74, 6) is 0.207. The zero-order chi connectivity index (χ0) is 9.97. The quantitative estimate of drug-likeness (QED) is 0.767. The van der Waals surface area contributed by atoms with Crippen LogP contribution in [-0.4, -0.2) is 15.8 Å².